The normalized spacial score (nSPS) is 21.3. The van der Waals surface area contributed by atoms with Gasteiger partial charge in [0.1, 0.15) is 6.34 Å². The predicted molar refractivity (Wildman–Crippen MR) is 37.4 cm³/mol. The molecule has 9 heavy (non-hydrogen) atoms. The van der Waals surface area contributed by atoms with Crippen LogP contribution in [0.2, 0.25) is 0 Å². The molecule has 0 aliphatic carbocycles. The quantitative estimate of drug-likeness (QED) is 0.443. The van der Waals surface area contributed by atoms with Gasteiger partial charge in [-0.3, -0.25) is 4.99 Å². The summed E-state index contributed by atoms with van der Waals surface area (Å²) in [5.74, 6) is 0. The Hall–Kier alpha value is -1.25. The maximum atomic E-state index is 4.01. The molecule has 0 amide bonds. The number of allylic oxidation sites excluding steroid dienone is 1. The third-order valence-electron chi connectivity index (χ3n) is 1.28. The van der Waals surface area contributed by atoms with Gasteiger partial charge in [-0.05, 0) is 6.08 Å². The van der Waals surface area contributed by atoms with E-state index in [4.69, 9.17) is 0 Å². The molecule has 0 saturated heterocycles. The molecule has 3 nitrogen and oxygen atoms in total. The van der Waals surface area contributed by atoms with Gasteiger partial charge in [0.05, 0.1) is 18.0 Å². The van der Waals surface area contributed by atoms with Crippen LogP contribution in [0.4, 0.5) is 0 Å². The first-order valence-corrected chi connectivity index (χ1v) is 2.76. The first kappa shape index (κ1) is 4.61. The minimum absolute atomic E-state index is 0.686. The third kappa shape index (κ3) is 0.614. The summed E-state index contributed by atoms with van der Waals surface area (Å²) in [7, 11) is 0. The van der Waals surface area contributed by atoms with Crippen molar-refractivity contribution in [1.82, 2.24) is 0 Å². The standard InChI is InChI=1S/C6H5N3/c1-2-7-3-6-5(1)8-4-9-6/h1-2,4H,3H2. The van der Waals surface area contributed by atoms with Gasteiger partial charge in [0, 0.05) is 6.21 Å². The first-order chi connectivity index (χ1) is 4.47. The number of hydrogen-bond donors (Lipinski definition) is 0. The van der Waals surface area contributed by atoms with E-state index in [0.29, 0.717) is 6.54 Å². The Labute approximate surface area is 52.5 Å². The molecule has 2 rings (SSSR count). The van der Waals surface area contributed by atoms with Gasteiger partial charge in [-0.1, -0.05) is 0 Å². The first-order valence-electron chi connectivity index (χ1n) is 2.76. The Balaban J connectivity index is 2.46. The lowest BCUT2D eigenvalue weighted by molar-refractivity contribution is 1.28. The Morgan fingerprint density at radius 1 is 1.44 bits per heavy atom. The number of aliphatic imine (C=N–C) groups is 3. The van der Waals surface area contributed by atoms with E-state index in [-0.39, 0.29) is 0 Å². The van der Waals surface area contributed by atoms with Crippen LogP contribution in [0.1, 0.15) is 0 Å². The van der Waals surface area contributed by atoms with E-state index >= 15 is 0 Å². The van der Waals surface area contributed by atoms with Crippen molar-refractivity contribution in [3.8, 4) is 0 Å². The van der Waals surface area contributed by atoms with Crippen LogP contribution in [0.3, 0.4) is 0 Å². The average molecular weight is 119 g/mol. The van der Waals surface area contributed by atoms with Crippen LogP contribution in [0, 0.1) is 0 Å². The Bertz CT molecular complexity index is 245. The molecule has 0 N–H and O–H groups in total. The molecule has 0 aromatic rings. The fraction of sp³-hybridized carbons (Fsp3) is 0.167. The Kier molecular flexibility index (Phi) is 0.828. The second-order valence-corrected chi connectivity index (χ2v) is 1.86. The Morgan fingerprint density at radius 3 is 3.33 bits per heavy atom. The van der Waals surface area contributed by atoms with Crippen LogP contribution in [-0.4, -0.2) is 24.8 Å². The summed E-state index contributed by atoms with van der Waals surface area (Å²) in [5.41, 5.74) is 1.95. The van der Waals surface area contributed by atoms with Crippen LogP contribution in [0.15, 0.2) is 26.8 Å². The second-order valence-electron chi connectivity index (χ2n) is 1.86. The van der Waals surface area contributed by atoms with Gasteiger partial charge in [-0.15, -0.1) is 0 Å². The molecule has 0 radical (unpaired) electrons. The van der Waals surface area contributed by atoms with Gasteiger partial charge in [-0.25, -0.2) is 9.98 Å². The molecular formula is C6H5N3. The third-order valence-corrected chi connectivity index (χ3v) is 1.28. The van der Waals surface area contributed by atoms with Gasteiger partial charge >= 0.3 is 0 Å². The summed E-state index contributed by atoms with van der Waals surface area (Å²) in [5, 5.41) is 0. The summed E-state index contributed by atoms with van der Waals surface area (Å²) in [6, 6.07) is 0. The molecule has 0 atom stereocenters. The lowest BCUT2D eigenvalue weighted by atomic mass is 10.2. The summed E-state index contributed by atoms with van der Waals surface area (Å²) < 4.78 is 0. The maximum Gasteiger partial charge on any atom is 0.116 e. The van der Waals surface area contributed by atoms with Gasteiger partial charge < -0.3 is 0 Å². The predicted octanol–water partition coefficient (Wildman–Crippen LogP) is 0.438. The molecule has 2 aliphatic rings. The Morgan fingerprint density at radius 2 is 2.44 bits per heavy atom. The highest BCUT2D eigenvalue weighted by Crippen LogP contribution is 2.08. The van der Waals surface area contributed by atoms with Gasteiger partial charge in [0.2, 0.25) is 0 Å². The zero-order chi connectivity index (χ0) is 6.10. The molecule has 0 saturated carbocycles. The van der Waals surface area contributed by atoms with E-state index in [9.17, 15) is 0 Å². The average Bonchev–Trinajstić information content (AvgIpc) is 2.33. The molecule has 0 bridgehead atoms. The highest BCUT2D eigenvalue weighted by molar-refractivity contribution is 6.12. The molecular weight excluding hydrogens is 114 g/mol. The van der Waals surface area contributed by atoms with Crippen molar-refractivity contribution in [1.29, 1.82) is 0 Å². The number of nitrogens with zero attached hydrogens (tertiary/aromatic N) is 3. The summed E-state index contributed by atoms with van der Waals surface area (Å²) in [6.07, 6.45) is 5.19. The van der Waals surface area contributed by atoms with Gasteiger partial charge in [0.25, 0.3) is 0 Å². The van der Waals surface area contributed by atoms with Crippen molar-refractivity contribution in [2.75, 3.05) is 6.54 Å². The minimum atomic E-state index is 0.686. The second kappa shape index (κ2) is 1.62. The molecule has 0 fully saturated rings. The fourth-order valence-corrected chi connectivity index (χ4v) is 0.825. The molecule has 44 valence electrons. The van der Waals surface area contributed by atoms with Crippen LogP contribution < -0.4 is 0 Å². The topological polar surface area (TPSA) is 37.1 Å². The van der Waals surface area contributed by atoms with E-state index in [0.717, 1.165) is 11.4 Å². The number of dihydropyridines is 1. The van der Waals surface area contributed by atoms with Crippen molar-refractivity contribution in [3.63, 3.8) is 0 Å². The van der Waals surface area contributed by atoms with Crippen molar-refractivity contribution in [2.24, 2.45) is 15.0 Å². The zero-order valence-electron chi connectivity index (χ0n) is 4.78. The van der Waals surface area contributed by atoms with E-state index in [1.54, 1.807) is 12.6 Å². The van der Waals surface area contributed by atoms with E-state index < -0.39 is 0 Å². The lowest BCUT2D eigenvalue weighted by Gasteiger charge is -1.99. The SMILES string of the molecule is C1=NCC2=NC=NC2=C1. The van der Waals surface area contributed by atoms with Crippen LogP contribution in [-0.2, 0) is 0 Å². The summed E-state index contributed by atoms with van der Waals surface area (Å²) in [6.45, 7) is 0.686. The van der Waals surface area contributed by atoms with Crippen LogP contribution in [0.25, 0.3) is 0 Å². The number of hydrogen-bond acceptors (Lipinski definition) is 3. The largest absolute Gasteiger partial charge is 0.287 e. The number of rotatable bonds is 0. The maximum absolute atomic E-state index is 4.01. The molecule has 2 heterocycles. The zero-order valence-corrected chi connectivity index (χ0v) is 4.78. The van der Waals surface area contributed by atoms with E-state index in [2.05, 4.69) is 15.0 Å². The molecule has 0 spiro atoms. The van der Waals surface area contributed by atoms with Crippen molar-refractivity contribution < 1.29 is 0 Å². The molecule has 0 aromatic carbocycles. The van der Waals surface area contributed by atoms with Gasteiger partial charge in [-0.2, -0.15) is 0 Å². The van der Waals surface area contributed by atoms with Crippen molar-refractivity contribution in [2.45, 2.75) is 0 Å². The number of fused-ring (bicyclic) bond motifs is 1. The molecule has 0 unspecified atom stereocenters. The van der Waals surface area contributed by atoms with Crippen molar-refractivity contribution in [3.05, 3.63) is 11.8 Å². The van der Waals surface area contributed by atoms with Crippen LogP contribution in [0.5, 0.6) is 0 Å². The van der Waals surface area contributed by atoms with E-state index in [1.807, 2.05) is 6.08 Å². The fourth-order valence-electron chi connectivity index (χ4n) is 0.825. The highest BCUT2D eigenvalue weighted by atomic mass is 15.0. The summed E-state index contributed by atoms with van der Waals surface area (Å²) >= 11 is 0. The summed E-state index contributed by atoms with van der Waals surface area (Å²) in [4.78, 5) is 12.0. The highest BCUT2D eigenvalue weighted by Gasteiger charge is 2.09. The van der Waals surface area contributed by atoms with Crippen molar-refractivity contribution >= 4 is 18.3 Å². The molecule has 3 heteroatoms. The lowest BCUT2D eigenvalue weighted by Crippen LogP contribution is -2.06. The monoisotopic (exact) mass is 119 g/mol. The molecule has 0 aromatic heterocycles. The van der Waals surface area contributed by atoms with E-state index in [1.165, 1.54) is 0 Å². The minimum Gasteiger partial charge on any atom is -0.287 e. The van der Waals surface area contributed by atoms with Gasteiger partial charge in [0.15, 0.2) is 0 Å². The smallest absolute Gasteiger partial charge is 0.116 e. The van der Waals surface area contributed by atoms with Crippen LogP contribution >= 0.6 is 0 Å². The molecule has 2 aliphatic heterocycles.